The number of imidazole rings is 1. The average Bonchev–Trinajstić information content (AvgIpc) is 3.08. The second-order valence-corrected chi connectivity index (χ2v) is 7.92. The van der Waals surface area contributed by atoms with Crippen molar-refractivity contribution in [2.75, 3.05) is 11.9 Å². The smallest absolute Gasteiger partial charge is 0.129 e. The summed E-state index contributed by atoms with van der Waals surface area (Å²) in [5, 5.41) is 3.46. The fraction of sp³-hybridized carbons (Fsp3) is 0.524. The summed E-state index contributed by atoms with van der Waals surface area (Å²) < 4.78 is 1.86. The summed E-state index contributed by atoms with van der Waals surface area (Å²) >= 11 is 0. The Balaban J connectivity index is 0.00000192. The van der Waals surface area contributed by atoms with Gasteiger partial charge < -0.3 is 14.9 Å². The van der Waals surface area contributed by atoms with Crippen molar-refractivity contribution in [2.45, 2.75) is 57.3 Å². The monoisotopic (exact) mass is 450 g/mol. The number of nitrogens with one attached hydrogen (secondary N) is 1. The van der Waals surface area contributed by atoms with E-state index >= 15 is 0 Å². The fourth-order valence-electron chi connectivity index (χ4n) is 4.60. The summed E-state index contributed by atoms with van der Waals surface area (Å²) in [5.74, 6) is 2.92. The third kappa shape index (κ3) is 3.61. The van der Waals surface area contributed by atoms with Crippen LogP contribution in [0.4, 0.5) is 5.82 Å². The third-order valence-electron chi connectivity index (χ3n) is 6.08. The van der Waals surface area contributed by atoms with Crippen LogP contribution >= 0.6 is 0 Å². The normalized spacial score (nSPS) is 21.6. The van der Waals surface area contributed by atoms with Gasteiger partial charge in [0.05, 0.1) is 0 Å². The predicted molar refractivity (Wildman–Crippen MR) is 105 cm³/mol. The van der Waals surface area contributed by atoms with Crippen molar-refractivity contribution in [1.29, 1.82) is 0 Å². The van der Waals surface area contributed by atoms with E-state index in [4.69, 9.17) is 9.97 Å². The first-order chi connectivity index (χ1) is 13.2. The van der Waals surface area contributed by atoms with Gasteiger partial charge in [0.1, 0.15) is 11.6 Å². The van der Waals surface area contributed by atoms with Crippen molar-refractivity contribution in [2.24, 2.45) is 7.05 Å². The van der Waals surface area contributed by atoms with E-state index in [1.54, 1.807) is 0 Å². The van der Waals surface area contributed by atoms with Crippen LogP contribution < -0.4 is 5.32 Å². The number of fused-ring (bicyclic) bond motifs is 2. The van der Waals surface area contributed by atoms with Gasteiger partial charge in [0.2, 0.25) is 0 Å². The van der Waals surface area contributed by atoms with Gasteiger partial charge in [0, 0.05) is 68.5 Å². The SMILES string of the molecule is Cc1nc(C2CCC(c3ccc4c(n3)NCCC4)CC2)c2n[c-]n(C)c2n1.[Y]. The van der Waals surface area contributed by atoms with Crippen molar-refractivity contribution < 1.29 is 32.7 Å². The molecule has 1 fully saturated rings. The molecule has 1 aliphatic carbocycles. The van der Waals surface area contributed by atoms with Gasteiger partial charge in [-0.15, -0.1) is 0 Å². The van der Waals surface area contributed by atoms with Crippen LogP contribution in [0.3, 0.4) is 0 Å². The first-order valence-corrected chi connectivity index (χ1v) is 10.0. The average molecular weight is 450 g/mol. The predicted octanol–water partition coefficient (Wildman–Crippen LogP) is 3.66. The number of aryl methyl sites for hydroxylation is 3. The van der Waals surface area contributed by atoms with Crippen LogP contribution in [0.1, 0.15) is 66.7 Å². The maximum Gasteiger partial charge on any atom is 0.129 e. The summed E-state index contributed by atoms with van der Waals surface area (Å²) in [6.45, 7) is 3.01. The van der Waals surface area contributed by atoms with Gasteiger partial charge in [-0.25, -0.2) is 4.98 Å². The topological polar surface area (TPSA) is 68.5 Å². The van der Waals surface area contributed by atoms with Crippen LogP contribution in [0, 0.1) is 13.3 Å². The summed E-state index contributed by atoms with van der Waals surface area (Å²) in [6, 6.07) is 4.52. The number of anilines is 1. The van der Waals surface area contributed by atoms with E-state index in [0.29, 0.717) is 11.8 Å². The van der Waals surface area contributed by atoms with Gasteiger partial charge in [-0.2, -0.15) is 0 Å². The Labute approximate surface area is 190 Å². The van der Waals surface area contributed by atoms with E-state index in [9.17, 15) is 0 Å². The molecule has 0 bridgehead atoms. The first-order valence-electron chi connectivity index (χ1n) is 10.0. The summed E-state index contributed by atoms with van der Waals surface area (Å²) in [7, 11) is 1.94. The van der Waals surface area contributed by atoms with Crippen molar-refractivity contribution in [3.63, 3.8) is 0 Å². The first kappa shape index (κ1) is 19.9. The Kier molecular flexibility index (Phi) is 5.79. The number of hydrogen-bond acceptors (Lipinski definition) is 5. The van der Waals surface area contributed by atoms with E-state index in [2.05, 4.69) is 33.7 Å². The number of hydrogen-bond donors (Lipinski definition) is 1. The fourth-order valence-corrected chi connectivity index (χ4v) is 4.60. The molecule has 6 nitrogen and oxygen atoms in total. The minimum atomic E-state index is 0. The third-order valence-corrected chi connectivity index (χ3v) is 6.08. The zero-order chi connectivity index (χ0) is 18.4. The second-order valence-electron chi connectivity index (χ2n) is 7.92. The van der Waals surface area contributed by atoms with Crippen LogP contribution in [0.5, 0.6) is 0 Å². The minimum absolute atomic E-state index is 0. The number of nitrogens with zero attached hydrogens (tertiary/aromatic N) is 5. The molecule has 3 aromatic heterocycles. The Hall–Kier alpha value is -1.40. The van der Waals surface area contributed by atoms with E-state index in [1.165, 1.54) is 17.7 Å². The molecule has 4 heterocycles. The molecule has 0 saturated heterocycles. The van der Waals surface area contributed by atoms with Crippen molar-refractivity contribution >= 4 is 17.0 Å². The van der Waals surface area contributed by atoms with E-state index in [1.807, 2.05) is 18.5 Å². The summed E-state index contributed by atoms with van der Waals surface area (Å²) in [4.78, 5) is 18.7. The molecule has 3 aromatic rings. The van der Waals surface area contributed by atoms with Crippen LogP contribution in [0.2, 0.25) is 0 Å². The zero-order valence-electron chi connectivity index (χ0n) is 16.6. The minimum Gasteiger partial charge on any atom is -0.435 e. The molecule has 0 atom stereocenters. The Bertz CT molecular complexity index is 990. The number of pyridine rings is 1. The van der Waals surface area contributed by atoms with Gasteiger partial charge in [-0.1, -0.05) is 6.07 Å². The van der Waals surface area contributed by atoms with Crippen LogP contribution in [-0.4, -0.2) is 31.0 Å². The molecule has 5 rings (SSSR count). The molecule has 7 heteroatoms. The van der Waals surface area contributed by atoms with E-state index < -0.39 is 0 Å². The van der Waals surface area contributed by atoms with Crippen LogP contribution in [0.15, 0.2) is 12.1 Å². The van der Waals surface area contributed by atoms with Crippen LogP contribution in [-0.2, 0) is 46.2 Å². The van der Waals surface area contributed by atoms with Gasteiger partial charge in [0.15, 0.2) is 0 Å². The molecule has 0 spiro atoms. The molecule has 0 aromatic carbocycles. The maximum absolute atomic E-state index is 4.94. The Morgan fingerprint density at radius 1 is 1.07 bits per heavy atom. The Morgan fingerprint density at radius 3 is 2.68 bits per heavy atom. The Morgan fingerprint density at radius 2 is 1.86 bits per heavy atom. The standard InChI is InChI=1S/C21H25N6.Y/c1-13-24-18(19-21(25-13)27(2)12-23-19)15-7-5-14(6-8-15)17-10-9-16-4-3-11-22-20(16)26-17;/h9-10,14-15H,3-8,11H2,1-2H3,(H,22,26);/q-1;. The molecular formula is C21H25N6Y-. The quantitative estimate of drug-likeness (QED) is 0.604. The largest absolute Gasteiger partial charge is 0.435 e. The van der Waals surface area contributed by atoms with Crippen molar-refractivity contribution in [1.82, 2.24) is 24.5 Å². The molecule has 1 aliphatic heterocycles. The van der Waals surface area contributed by atoms with Gasteiger partial charge in [0.25, 0.3) is 0 Å². The van der Waals surface area contributed by atoms with E-state index in [0.717, 1.165) is 67.1 Å². The molecular weight excluding hydrogens is 425 g/mol. The van der Waals surface area contributed by atoms with Crippen LogP contribution in [0.25, 0.3) is 11.2 Å². The molecule has 2 aliphatic rings. The van der Waals surface area contributed by atoms with Crippen molar-refractivity contribution in [3.8, 4) is 0 Å². The maximum atomic E-state index is 4.94. The van der Waals surface area contributed by atoms with Gasteiger partial charge in [-0.05, 0) is 75.6 Å². The zero-order valence-corrected chi connectivity index (χ0v) is 19.4. The molecule has 1 radical (unpaired) electrons. The van der Waals surface area contributed by atoms with E-state index in [-0.39, 0.29) is 32.7 Å². The molecule has 0 amide bonds. The molecule has 143 valence electrons. The van der Waals surface area contributed by atoms with Crippen molar-refractivity contribution in [3.05, 3.63) is 41.2 Å². The molecule has 28 heavy (non-hydrogen) atoms. The molecule has 0 unspecified atom stereocenters. The number of aromatic nitrogens is 5. The molecule has 1 saturated carbocycles. The number of rotatable bonds is 2. The van der Waals surface area contributed by atoms with Gasteiger partial charge in [-0.3, -0.25) is 9.97 Å². The summed E-state index contributed by atoms with van der Waals surface area (Å²) in [5.41, 5.74) is 5.53. The summed E-state index contributed by atoms with van der Waals surface area (Å²) in [6.07, 6.45) is 9.89. The van der Waals surface area contributed by atoms with Gasteiger partial charge >= 0.3 is 0 Å². The molecule has 1 N–H and O–H groups in total. The second kappa shape index (κ2) is 8.15.